The number of rotatable bonds is 7. The Morgan fingerprint density at radius 2 is 2.05 bits per heavy atom. The van der Waals surface area contributed by atoms with Gasteiger partial charge in [-0.15, -0.1) is 0 Å². The van der Waals surface area contributed by atoms with E-state index in [1.807, 2.05) is 27.8 Å². The number of hydrogen-bond acceptors (Lipinski definition) is 3. The van der Waals surface area contributed by atoms with Crippen molar-refractivity contribution in [1.29, 1.82) is 0 Å². The van der Waals surface area contributed by atoms with Gasteiger partial charge in [0.05, 0.1) is 0 Å². The van der Waals surface area contributed by atoms with Gasteiger partial charge in [-0.3, -0.25) is 4.79 Å². The number of likely N-dealkylation sites (N-methyl/N-ethyl adjacent to an activating group) is 1. The van der Waals surface area contributed by atoms with Crippen LogP contribution in [0.2, 0.25) is 0 Å². The van der Waals surface area contributed by atoms with Gasteiger partial charge < -0.3 is 10.1 Å². The van der Waals surface area contributed by atoms with Crippen LogP contribution in [-0.2, 0) is 4.79 Å². The molecule has 0 aliphatic carbocycles. The Bertz CT molecular complexity index is 458. The van der Waals surface area contributed by atoms with Gasteiger partial charge in [-0.2, -0.15) is 0 Å². The van der Waals surface area contributed by atoms with Crippen LogP contribution in [0.3, 0.4) is 0 Å². The Balaban J connectivity index is 0.00000191. The molecule has 0 aliphatic rings. The maximum absolute atomic E-state index is 13.5. The molecule has 1 rings (SSSR count). The minimum absolute atomic E-state index is 0.00952. The predicted octanol–water partition coefficient (Wildman–Crippen LogP) is 3.83. The molecule has 4 heteroatoms. The van der Waals surface area contributed by atoms with Crippen LogP contribution in [-0.4, -0.2) is 25.5 Å². The van der Waals surface area contributed by atoms with Crippen molar-refractivity contribution in [3.8, 4) is 5.75 Å². The summed E-state index contributed by atoms with van der Waals surface area (Å²) in [5, 5.41) is 2.99. The highest BCUT2D eigenvalue weighted by Crippen LogP contribution is 2.18. The summed E-state index contributed by atoms with van der Waals surface area (Å²) in [5.74, 6) is 0.0967. The molecular formula is C17H26FNO2. The van der Waals surface area contributed by atoms with Gasteiger partial charge in [-0.25, -0.2) is 4.39 Å². The third-order valence-electron chi connectivity index (χ3n) is 2.53. The molecule has 0 radical (unpaired) electrons. The molecule has 0 aromatic heterocycles. The summed E-state index contributed by atoms with van der Waals surface area (Å²) >= 11 is 0. The summed E-state index contributed by atoms with van der Waals surface area (Å²) in [6, 6.07) is 4.43. The maximum Gasteiger partial charge on any atom is 0.155 e. The number of nitrogens with one attached hydrogen (secondary N) is 1. The van der Waals surface area contributed by atoms with Crippen LogP contribution in [0.4, 0.5) is 4.39 Å². The van der Waals surface area contributed by atoms with Crippen LogP contribution < -0.4 is 10.1 Å². The number of carbonyl (C=O) groups excluding carboxylic acids is 1. The van der Waals surface area contributed by atoms with Crippen LogP contribution in [0.15, 0.2) is 24.3 Å². The fourth-order valence-electron chi connectivity index (χ4n) is 1.62. The van der Waals surface area contributed by atoms with Crippen molar-refractivity contribution in [2.45, 2.75) is 40.2 Å². The molecule has 0 spiro atoms. The van der Waals surface area contributed by atoms with Crippen LogP contribution in [0.1, 0.15) is 39.7 Å². The van der Waals surface area contributed by atoms with Gasteiger partial charge in [0.1, 0.15) is 17.7 Å². The maximum atomic E-state index is 13.5. The second-order valence-electron chi connectivity index (χ2n) is 4.36. The van der Waals surface area contributed by atoms with E-state index in [0.29, 0.717) is 24.3 Å². The summed E-state index contributed by atoms with van der Waals surface area (Å²) < 4.78 is 19.0. The highest BCUT2D eigenvalue weighted by molar-refractivity contribution is 5.93. The van der Waals surface area contributed by atoms with Crippen molar-refractivity contribution in [1.82, 2.24) is 5.32 Å². The largest absolute Gasteiger partial charge is 0.489 e. The molecule has 1 atom stereocenters. The van der Waals surface area contributed by atoms with Crippen molar-refractivity contribution in [3.05, 3.63) is 35.7 Å². The van der Waals surface area contributed by atoms with Gasteiger partial charge in [0.2, 0.25) is 0 Å². The van der Waals surface area contributed by atoms with Crippen LogP contribution in [0.25, 0.3) is 6.08 Å². The van der Waals surface area contributed by atoms with E-state index in [-0.39, 0.29) is 17.7 Å². The van der Waals surface area contributed by atoms with Gasteiger partial charge in [-0.1, -0.05) is 26.8 Å². The van der Waals surface area contributed by atoms with Crippen molar-refractivity contribution in [2.75, 3.05) is 13.6 Å². The van der Waals surface area contributed by atoms with Gasteiger partial charge in [0, 0.05) is 19.0 Å². The topological polar surface area (TPSA) is 38.3 Å². The minimum atomic E-state index is -0.377. The summed E-state index contributed by atoms with van der Waals surface area (Å²) in [5.41, 5.74) is 0.619. The van der Waals surface area contributed by atoms with E-state index in [0.717, 1.165) is 0 Å². The Labute approximate surface area is 127 Å². The molecule has 0 aliphatic heterocycles. The zero-order valence-electron chi connectivity index (χ0n) is 13.6. The third-order valence-corrected chi connectivity index (χ3v) is 2.53. The van der Waals surface area contributed by atoms with E-state index < -0.39 is 0 Å². The fourth-order valence-corrected chi connectivity index (χ4v) is 1.62. The van der Waals surface area contributed by atoms with E-state index in [1.54, 1.807) is 19.1 Å². The van der Waals surface area contributed by atoms with Crippen molar-refractivity contribution >= 4 is 11.9 Å². The average Bonchev–Trinajstić information content (AvgIpc) is 2.46. The molecule has 21 heavy (non-hydrogen) atoms. The lowest BCUT2D eigenvalue weighted by Gasteiger charge is -2.14. The smallest absolute Gasteiger partial charge is 0.155 e. The Morgan fingerprint density at radius 1 is 1.38 bits per heavy atom. The first-order chi connectivity index (χ1) is 10.0. The van der Waals surface area contributed by atoms with Crippen LogP contribution in [0.5, 0.6) is 5.75 Å². The zero-order chi connectivity index (χ0) is 16.3. The molecule has 1 unspecified atom stereocenters. The van der Waals surface area contributed by atoms with Gasteiger partial charge in [0.25, 0.3) is 0 Å². The van der Waals surface area contributed by atoms with E-state index in [9.17, 15) is 9.18 Å². The summed E-state index contributed by atoms with van der Waals surface area (Å²) in [4.78, 5) is 11.2. The molecule has 0 saturated heterocycles. The summed E-state index contributed by atoms with van der Waals surface area (Å²) in [6.07, 6.45) is 3.44. The highest BCUT2D eigenvalue weighted by Gasteiger charge is 2.05. The highest BCUT2D eigenvalue weighted by atomic mass is 19.1. The molecule has 0 heterocycles. The standard InChI is InChI=1S/C15H20FNO2.C2H6/c1-4-14(18)6-5-12-7-13(16)9-15(8-12)19-11(2)10-17-3;1-2/h5-9,11,17H,4,10H2,1-3H3;1-2H3/b6-5+;. The summed E-state index contributed by atoms with van der Waals surface area (Å²) in [6.45, 7) is 8.36. The van der Waals surface area contributed by atoms with Gasteiger partial charge in [-0.05, 0) is 37.7 Å². The van der Waals surface area contributed by atoms with Crippen LogP contribution in [0, 0.1) is 5.82 Å². The predicted molar refractivity (Wildman–Crippen MR) is 86.1 cm³/mol. The SMILES string of the molecule is CC.CCC(=O)/C=C/c1cc(F)cc(OC(C)CNC)c1. The molecule has 0 fully saturated rings. The fraction of sp³-hybridized carbons (Fsp3) is 0.471. The zero-order valence-corrected chi connectivity index (χ0v) is 13.6. The lowest BCUT2D eigenvalue weighted by molar-refractivity contribution is -0.114. The first-order valence-corrected chi connectivity index (χ1v) is 7.38. The van der Waals surface area contributed by atoms with Crippen LogP contribution >= 0.6 is 0 Å². The van der Waals surface area contributed by atoms with E-state index in [4.69, 9.17) is 4.74 Å². The molecule has 0 bridgehead atoms. The third kappa shape index (κ3) is 8.25. The summed E-state index contributed by atoms with van der Waals surface area (Å²) in [7, 11) is 1.83. The molecular weight excluding hydrogens is 269 g/mol. The number of allylic oxidation sites excluding steroid dienone is 1. The lowest BCUT2D eigenvalue weighted by atomic mass is 10.1. The molecule has 0 amide bonds. The van der Waals surface area contributed by atoms with Crippen molar-refractivity contribution in [2.24, 2.45) is 0 Å². The average molecular weight is 295 g/mol. The molecule has 1 N–H and O–H groups in total. The monoisotopic (exact) mass is 295 g/mol. The molecule has 3 nitrogen and oxygen atoms in total. The number of halogens is 1. The van der Waals surface area contributed by atoms with Crippen molar-refractivity contribution < 1.29 is 13.9 Å². The molecule has 1 aromatic rings. The minimum Gasteiger partial charge on any atom is -0.489 e. The number of carbonyl (C=O) groups is 1. The second-order valence-corrected chi connectivity index (χ2v) is 4.36. The Hall–Kier alpha value is -1.68. The first-order valence-electron chi connectivity index (χ1n) is 7.38. The number of ether oxygens (including phenoxy) is 1. The van der Waals surface area contributed by atoms with E-state index in [1.165, 1.54) is 18.2 Å². The Morgan fingerprint density at radius 3 is 2.62 bits per heavy atom. The quantitative estimate of drug-likeness (QED) is 0.777. The number of ketones is 1. The van der Waals surface area contributed by atoms with Gasteiger partial charge in [0.15, 0.2) is 5.78 Å². The second kappa shape index (κ2) is 11.0. The number of benzene rings is 1. The molecule has 118 valence electrons. The normalized spacial score (nSPS) is 11.7. The number of hydrogen-bond donors (Lipinski definition) is 1. The van der Waals surface area contributed by atoms with Gasteiger partial charge >= 0.3 is 0 Å². The van der Waals surface area contributed by atoms with Crippen molar-refractivity contribution in [3.63, 3.8) is 0 Å². The Kier molecular flexibility index (Phi) is 10.1. The lowest BCUT2D eigenvalue weighted by Crippen LogP contribution is -2.26. The molecule has 1 aromatic carbocycles. The van der Waals surface area contributed by atoms with E-state index >= 15 is 0 Å². The molecule has 0 saturated carbocycles. The first kappa shape index (κ1) is 19.3. The van der Waals surface area contributed by atoms with E-state index in [2.05, 4.69) is 5.32 Å².